The molecular formula is C13H19FN2O. The Labute approximate surface area is 101 Å². The molecule has 0 fully saturated rings. The van der Waals surface area contributed by atoms with Crippen LogP contribution < -0.4 is 15.4 Å². The highest BCUT2D eigenvalue weighted by molar-refractivity contribution is 5.60. The van der Waals surface area contributed by atoms with Crippen LogP contribution in [0.5, 0.6) is 5.75 Å². The Balaban J connectivity index is 2.31. The third-order valence-electron chi connectivity index (χ3n) is 3.08. The van der Waals surface area contributed by atoms with Gasteiger partial charge in [-0.15, -0.1) is 0 Å². The minimum absolute atomic E-state index is 0.138. The highest BCUT2D eigenvalue weighted by Crippen LogP contribution is 2.35. The van der Waals surface area contributed by atoms with Crippen LogP contribution in [0.25, 0.3) is 0 Å². The number of fused-ring (bicyclic) bond motifs is 1. The van der Waals surface area contributed by atoms with E-state index >= 15 is 0 Å². The number of nitrogens with zero attached hydrogens (tertiary/aromatic N) is 1. The summed E-state index contributed by atoms with van der Waals surface area (Å²) in [5.74, 6) is 0.940. The lowest BCUT2D eigenvalue weighted by Gasteiger charge is -2.37. The van der Waals surface area contributed by atoms with E-state index in [0.717, 1.165) is 24.5 Å². The fraction of sp³-hybridized carbons (Fsp3) is 0.538. The summed E-state index contributed by atoms with van der Waals surface area (Å²) in [5.41, 5.74) is 6.41. The highest BCUT2D eigenvalue weighted by Gasteiger charge is 2.27. The first kappa shape index (κ1) is 12.2. The maximum Gasteiger partial charge on any atom is 0.143 e. The van der Waals surface area contributed by atoms with Crippen molar-refractivity contribution in [3.63, 3.8) is 0 Å². The van der Waals surface area contributed by atoms with E-state index in [4.69, 9.17) is 10.5 Å². The van der Waals surface area contributed by atoms with Crippen molar-refractivity contribution < 1.29 is 9.13 Å². The molecule has 1 aliphatic rings. The van der Waals surface area contributed by atoms with Crippen LogP contribution in [0.2, 0.25) is 0 Å². The van der Waals surface area contributed by atoms with Gasteiger partial charge in [-0.3, -0.25) is 0 Å². The maximum absolute atomic E-state index is 13.3. The Bertz CT molecular complexity index is 395. The molecule has 2 rings (SSSR count). The van der Waals surface area contributed by atoms with Crippen molar-refractivity contribution in [1.82, 2.24) is 0 Å². The molecule has 0 bridgehead atoms. The first-order valence-corrected chi connectivity index (χ1v) is 6.03. The van der Waals surface area contributed by atoms with E-state index in [9.17, 15) is 4.39 Å². The van der Waals surface area contributed by atoms with Crippen molar-refractivity contribution in [2.45, 2.75) is 20.0 Å². The number of ether oxygens (including phenoxy) is 1. The third-order valence-corrected chi connectivity index (χ3v) is 3.08. The van der Waals surface area contributed by atoms with Crippen molar-refractivity contribution in [2.75, 3.05) is 24.5 Å². The molecule has 1 heterocycles. The second-order valence-corrected chi connectivity index (χ2v) is 4.75. The van der Waals surface area contributed by atoms with E-state index in [-0.39, 0.29) is 11.9 Å². The van der Waals surface area contributed by atoms with Gasteiger partial charge in [-0.1, -0.05) is 13.8 Å². The van der Waals surface area contributed by atoms with Gasteiger partial charge in [0.15, 0.2) is 0 Å². The van der Waals surface area contributed by atoms with E-state index in [1.165, 1.54) is 12.1 Å². The summed E-state index contributed by atoms with van der Waals surface area (Å²) in [7, 11) is 0. The minimum Gasteiger partial charge on any atom is -0.486 e. The number of hydrogen-bond donors (Lipinski definition) is 1. The summed E-state index contributed by atoms with van der Waals surface area (Å²) in [6, 6.07) is 4.65. The zero-order valence-corrected chi connectivity index (χ0v) is 10.3. The standard InChI is InChI=1S/C13H19FN2O/c1-9(2)13-8-16(6-5-15)11-7-10(14)3-4-12(11)17-13/h3-4,7,9,13H,5-6,8,15H2,1-2H3. The van der Waals surface area contributed by atoms with Gasteiger partial charge in [0.1, 0.15) is 17.7 Å². The average molecular weight is 238 g/mol. The van der Waals surface area contributed by atoms with Gasteiger partial charge >= 0.3 is 0 Å². The number of benzene rings is 1. The predicted octanol–water partition coefficient (Wildman–Crippen LogP) is 2.01. The Hall–Kier alpha value is -1.29. The molecule has 0 aliphatic carbocycles. The summed E-state index contributed by atoms with van der Waals surface area (Å²) < 4.78 is 19.1. The van der Waals surface area contributed by atoms with Crippen molar-refractivity contribution in [3.8, 4) is 5.75 Å². The number of hydrogen-bond acceptors (Lipinski definition) is 3. The van der Waals surface area contributed by atoms with Gasteiger partial charge in [-0.05, 0) is 18.1 Å². The van der Waals surface area contributed by atoms with Crippen molar-refractivity contribution >= 4 is 5.69 Å². The van der Waals surface area contributed by atoms with Crippen LogP contribution in [0, 0.1) is 11.7 Å². The lowest BCUT2D eigenvalue weighted by molar-refractivity contribution is 0.145. The first-order chi connectivity index (χ1) is 8.11. The Morgan fingerprint density at radius 2 is 2.29 bits per heavy atom. The van der Waals surface area contributed by atoms with Gasteiger partial charge in [0.2, 0.25) is 0 Å². The van der Waals surface area contributed by atoms with E-state index in [1.807, 2.05) is 0 Å². The minimum atomic E-state index is -0.239. The zero-order valence-electron chi connectivity index (χ0n) is 10.3. The van der Waals surface area contributed by atoms with Crippen molar-refractivity contribution in [1.29, 1.82) is 0 Å². The summed E-state index contributed by atoms with van der Waals surface area (Å²) in [4.78, 5) is 2.10. The Morgan fingerprint density at radius 1 is 1.53 bits per heavy atom. The molecule has 1 aliphatic heterocycles. The lowest BCUT2D eigenvalue weighted by atomic mass is 10.0. The largest absolute Gasteiger partial charge is 0.486 e. The topological polar surface area (TPSA) is 38.5 Å². The van der Waals surface area contributed by atoms with Crippen molar-refractivity contribution in [3.05, 3.63) is 24.0 Å². The van der Waals surface area contributed by atoms with Crippen LogP contribution >= 0.6 is 0 Å². The highest BCUT2D eigenvalue weighted by atomic mass is 19.1. The number of halogens is 1. The van der Waals surface area contributed by atoms with Gasteiger partial charge in [0.05, 0.1) is 12.2 Å². The van der Waals surface area contributed by atoms with E-state index in [0.29, 0.717) is 12.5 Å². The summed E-state index contributed by atoms with van der Waals surface area (Å²) in [6.45, 7) is 6.30. The second kappa shape index (κ2) is 4.92. The van der Waals surface area contributed by atoms with E-state index in [1.54, 1.807) is 6.07 Å². The fourth-order valence-electron chi connectivity index (χ4n) is 2.07. The monoisotopic (exact) mass is 238 g/mol. The molecule has 3 nitrogen and oxygen atoms in total. The van der Waals surface area contributed by atoms with Crippen LogP contribution in [0.15, 0.2) is 18.2 Å². The van der Waals surface area contributed by atoms with Gasteiger partial charge in [-0.25, -0.2) is 4.39 Å². The van der Waals surface area contributed by atoms with Crippen LogP contribution in [-0.4, -0.2) is 25.7 Å². The van der Waals surface area contributed by atoms with Crippen LogP contribution in [-0.2, 0) is 0 Å². The van der Waals surface area contributed by atoms with E-state index in [2.05, 4.69) is 18.7 Å². The lowest BCUT2D eigenvalue weighted by Crippen LogP contribution is -2.44. The number of nitrogens with two attached hydrogens (primary N) is 1. The molecule has 4 heteroatoms. The van der Waals surface area contributed by atoms with Gasteiger partial charge in [-0.2, -0.15) is 0 Å². The van der Waals surface area contributed by atoms with Gasteiger partial charge in [0, 0.05) is 19.2 Å². The molecule has 1 unspecified atom stereocenters. The molecule has 1 aromatic rings. The molecule has 0 spiro atoms. The average Bonchev–Trinajstić information content (AvgIpc) is 2.29. The molecular weight excluding hydrogens is 219 g/mol. The summed E-state index contributed by atoms with van der Waals surface area (Å²) in [6.07, 6.45) is 0.138. The summed E-state index contributed by atoms with van der Waals surface area (Å²) in [5, 5.41) is 0. The molecule has 0 saturated heterocycles. The van der Waals surface area contributed by atoms with Crippen LogP contribution in [0.4, 0.5) is 10.1 Å². The van der Waals surface area contributed by atoms with Gasteiger partial charge < -0.3 is 15.4 Å². The Morgan fingerprint density at radius 3 is 2.94 bits per heavy atom. The number of anilines is 1. The summed E-state index contributed by atoms with van der Waals surface area (Å²) >= 11 is 0. The molecule has 94 valence electrons. The molecule has 1 atom stereocenters. The zero-order chi connectivity index (χ0) is 12.4. The molecule has 2 N–H and O–H groups in total. The number of rotatable bonds is 3. The SMILES string of the molecule is CC(C)C1CN(CCN)c2cc(F)ccc2O1. The van der Waals surface area contributed by atoms with Crippen molar-refractivity contribution in [2.24, 2.45) is 11.7 Å². The van der Waals surface area contributed by atoms with Gasteiger partial charge in [0.25, 0.3) is 0 Å². The molecule has 1 aromatic carbocycles. The third kappa shape index (κ3) is 2.52. The molecule has 17 heavy (non-hydrogen) atoms. The predicted molar refractivity (Wildman–Crippen MR) is 66.9 cm³/mol. The normalized spacial score (nSPS) is 19.1. The fourth-order valence-corrected chi connectivity index (χ4v) is 2.07. The molecule has 0 radical (unpaired) electrons. The smallest absolute Gasteiger partial charge is 0.143 e. The van der Waals surface area contributed by atoms with E-state index < -0.39 is 0 Å². The maximum atomic E-state index is 13.3. The first-order valence-electron chi connectivity index (χ1n) is 6.03. The molecule has 0 saturated carbocycles. The second-order valence-electron chi connectivity index (χ2n) is 4.75. The molecule has 0 aromatic heterocycles. The van der Waals surface area contributed by atoms with Crippen LogP contribution in [0.1, 0.15) is 13.8 Å². The Kier molecular flexibility index (Phi) is 3.52. The molecule has 0 amide bonds. The quantitative estimate of drug-likeness (QED) is 0.875. The van der Waals surface area contributed by atoms with Crippen LogP contribution in [0.3, 0.4) is 0 Å².